The van der Waals surface area contributed by atoms with Crippen molar-refractivity contribution < 1.29 is 14.3 Å². The van der Waals surface area contributed by atoms with Crippen molar-refractivity contribution in [2.24, 2.45) is 0 Å². The van der Waals surface area contributed by atoms with Crippen molar-refractivity contribution in [3.05, 3.63) is 59.1 Å². The highest BCUT2D eigenvalue weighted by atomic mass is 16.5. The predicted molar refractivity (Wildman–Crippen MR) is 122 cm³/mol. The molecule has 0 bridgehead atoms. The lowest BCUT2D eigenvalue weighted by molar-refractivity contribution is -0.118. The fourth-order valence-corrected chi connectivity index (χ4v) is 4.44. The van der Waals surface area contributed by atoms with Crippen LogP contribution in [-0.4, -0.2) is 58.3 Å². The van der Waals surface area contributed by atoms with E-state index in [1.54, 1.807) is 36.1 Å². The Bertz CT molecular complexity index is 1000. The summed E-state index contributed by atoms with van der Waals surface area (Å²) in [6.07, 6.45) is 10.6. The summed E-state index contributed by atoms with van der Waals surface area (Å²) in [5.74, 6) is 0.543. The Balaban J connectivity index is 1.42. The van der Waals surface area contributed by atoms with Crippen LogP contribution in [0.1, 0.15) is 54.7 Å². The normalized spacial score (nSPS) is 17.0. The summed E-state index contributed by atoms with van der Waals surface area (Å²) in [7, 11) is 1.56. The average molecular weight is 435 g/mol. The van der Waals surface area contributed by atoms with Gasteiger partial charge in [0.1, 0.15) is 5.78 Å². The number of aromatic nitrogens is 2. The Hall–Kier alpha value is -3.22. The van der Waals surface area contributed by atoms with Gasteiger partial charge in [-0.2, -0.15) is 0 Å². The van der Waals surface area contributed by atoms with Gasteiger partial charge in [-0.25, -0.2) is 9.78 Å². The minimum Gasteiger partial charge on any atom is -0.481 e. The van der Waals surface area contributed by atoms with Gasteiger partial charge in [0.15, 0.2) is 0 Å². The lowest BCUT2D eigenvalue weighted by Gasteiger charge is -2.27. The van der Waals surface area contributed by atoms with E-state index in [0.717, 1.165) is 24.1 Å². The number of carbonyl (C=O) groups excluding carboxylic acids is 2. The Morgan fingerprint density at radius 3 is 2.78 bits per heavy atom. The van der Waals surface area contributed by atoms with Crippen molar-refractivity contribution in [1.82, 2.24) is 19.8 Å². The lowest BCUT2D eigenvalue weighted by Crippen LogP contribution is -2.35. The molecule has 2 aromatic rings. The standard InChI is InChI=1S/C25H30N4O3/c1-18(30)16-23(20-10-12-24(32-2)26-17-20)29-15-14-28(25(29)31)13-5-7-21-11-9-19-6-3-4-8-22(19)27-21/h5,7,9-12,17,23H,3-4,6,8,13-16H2,1-2H3/b7-5+/t23-/m0/s1. The molecule has 1 saturated heterocycles. The van der Waals surface area contributed by atoms with E-state index < -0.39 is 0 Å². The van der Waals surface area contributed by atoms with Crippen molar-refractivity contribution in [3.8, 4) is 5.88 Å². The number of fused-ring (bicyclic) bond motifs is 1. The van der Waals surface area contributed by atoms with Crippen LogP contribution in [0.5, 0.6) is 5.88 Å². The number of carbonyl (C=O) groups is 2. The van der Waals surface area contributed by atoms with Crippen molar-refractivity contribution in [3.63, 3.8) is 0 Å². The fraction of sp³-hybridized carbons (Fsp3) is 0.440. The van der Waals surface area contributed by atoms with Crippen LogP contribution in [0.3, 0.4) is 0 Å². The van der Waals surface area contributed by atoms with E-state index in [2.05, 4.69) is 17.1 Å². The summed E-state index contributed by atoms with van der Waals surface area (Å²) in [5, 5.41) is 0. The van der Waals surface area contributed by atoms with E-state index in [1.807, 2.05) is 18.2 Å². The zero-order valence-electron chi connectivity index (χ0n) is 18.8. The molecule has 0 unspecified atom stereocenters. The third kappa shape index (κ3) is 4.98. The van der Waals surface area contributed by atoms with E-state index in [1.165, 1.54) is 24.1 Å². The second-order valence-electron chi connectivity index (χ2n) is 8.43. The molecule has 1 aliphatic heterocycles. The summed E-state index contributed by atoms with van der Waals surface area (Å²) in [6.45, 7) is 3.27. The van der Waals surface area contributed by atoms with Crippen LogP contribution in [0.4, 0.5) is 4.79 Å². The molecule has 0 radical (unpaired) electrons. The number of nitrogens with zero attached hydrogens (tertiary/aromatic N) is 4. The smallest absolute Gasteiger partial charge is 0.320 e. The second-order valence-corrected chi connectivity index (χ2v) is 8.43. The van der Waals surface area contributed by atoms with Gasteiger partial charge in [0.05, 0.1) is 18.8 Å². The molecular formula is C25H30N4O3. The maximum atomic E-state index is 13.1. The number of ketones is 1. The maximum absolute atomic E-state index is 13.1. The van der Waals surface area contributed by atoms with Crippen LogP contribution in [0.25, 0.3) is 6.08 Å². The molecular weight excluding hydrogens is 404 g/mol. The van der Waals surface area contributed by atoms with Gasteiger partial charge < -0.3 is 14.5 Å². The largest absolute Gasteiger partial charge is 0.481 e. The number of aryl methyl sites for hydroxylation is 2. The molecule has 1 fully saturated rings. The molecule has 168 valence electrons. The van der Waals surface area contributed by atoms with Crippen molar-refractivity contribution in [2.45, 2.75) is 45.1 Å². The zero-order chi connectivity index (χ0) is 22.5. The molecule has 4 rings (SSSR count). The lowest BCUT2D eigenvalue weighted by atomic mass is 9.96. The third-order valence-corrected chi connectivity index (χ3v) is 6.15. The summed E-state index contributed by atoms with van der Waals surface area (Å²) < 4.78 is 5.13. The van der Waals surface area contributed by atoms with Crippen LogP contribution in [-0.2, 0) is 17.6 Å². The zero-order valence-corrected chi connectivity index (χ0v) is 18.8. The molecule has 0 spiro atoms. The number of ether oxygens (including phenoxy) is 1. The van der Waals surface area contributed by atoms with E-state index in [0.29, 0.717) is 25.5 Å². The van der Waals surface area contributed by atoms with Gasteiger partial charge in [-0.3, -0.25) is 9.78 Å². The third-order valence-electron chi connectivity index (χ3n) is 6.15. The van der Waals surface area contributed by atoms with Gasteiger partial charge in [0.25, 0.3) is 0 Å². The number of amides is 2. The van der Waals surface area contributed by atoms with Crippen molar-refractivity contribution >= 4 is 17.9 Å². The molecule has 2 amide bonds. The number of hydrogen-bond donors (Lipinski definition) is 0. The van der Waals surface area contributed by atoms with E-state index in [4.69, 9.17) is 9.72 Å². The summed E-state index contributed by atoms with van der Waals surface area (Å²) >= 11 is 0. The first-order chi connectivity index (χ1) is 15.5. The van der Waals surface area contributed by atoms with Gasteiger partial charge in [0, 0.05) is 44.0 Å². The van der Waals surface area contributed by atoms with Crippen molar-refractivity contribution in [1.29, 1.82) is 0 Å². The fourth-order valence-electron chi connectivity index (χ4n) is 4.44. The van der Waals surface area contributed by atoms with E-state index in [9.17, 15) is 9.59 Å². The molecule has 2 aromatic heterocycles. The number of rotatable bonds is 8. The maximum Gasteiger partial charge on any atom is 0.320 e. The number of hydrogen-bond acceptors (Lipinski definition) is 5. The molecule has 0 aromatic carbocycles. The molecule has 7 heteroatoms. The number of pyridine rings is 2. The number of urea groups is 1. The molecule has 0 saturated carbocycles. The van der Waals surface area contributed by atoms with Crippen LogP contribution >= 0.6 is 0 Å². The van der Waals surface area contributed by atoms with Gasteiger partial charge in [0.2, 0.25) is 5.88 Å². The van der Waals surface area contributed by atoms with Crippen LogP contribution in [0.15, 0.2) is 36.5 Å². The van der Waals surface area contributed by atoms with Crippen LogP contribution < -0.4 is 4.74 Å². The summed E-state index contributed by atoms with van der Waals surface area (Å²) in [4.78, 5) is 37.6. The molecule has 1 atom stereocenters. The van der Waals surface area contributed by atoms with Crippen LogP contribution in [0, 0.1) is 0 Å². The molecule has 7 nitrogen and oxygen atoms in total. The topological polar surface area (TPSA) is 75.6 Å². The Kier molecular flexibility index (Phi) is 6.83. The Morgan fingerprint density at radius 2 is 2.03 bits per heavy atom. The summed E-state index contributed by atoms with van der Waals surface area (Å²) in [6, 6.07) is 7.48. The molecule has 32 heavy (non-hydrogen) atoms. The predicted octanol–water partition coefficient (Wildman–Crippen LogP) is 3.84. The molecule has 0 N–H and O–H groups in total. The quantitative estimate of drug-likeness (QED) is 0.631. The van der Waals surface area contributed by atoms with E-state index >= 15 is 0 Å². The average Bonchev–Trinajstić information content (AvgIpc) is 3.17. The van der Waals surface area contributed by atoms with Gasteiger partial charge >= 0.3 is 6.03 Å². The summed E-state index contributed by atoms with van der Waals surface area (Å²) in [5.41, 5.74) is 4.35. The minimum absolute atomic E-state index is 0.0375. The SMILES string of the molecule is COc1ccc([C@H](CC(C)=O)N2CCN(C/C=C/c3ccc4c(n3)CCCC4)C2=O)cn1. The van der Waals surface area contributed by atoms with Gasteiger partial charge in [-0.1, -0.05) is 18.2 Å². The Labute approximate surface area is 189 Å². The first-order valence-electron chi connectivity index (χ1n) is 11.3. The Morgan fingerprint density at radius 1 is 1.19 bits per heavy atom. The number of methoxy groups -OCH3 is 1. The minimum atomic E-state index is -0.324. The van der Waals surface area contributed by atoms with E-state index in [-0.39, 0.29) is 24.3 Å². The number of Topliss-reactive ketones (excluding diaryl/α,β-unsaturated/α-hetero) is 1. The monoisotopic (exact) mass is 434 g/mol. The van der Waals surface area contributed by atoms with Gasteiger partial charge in [-0.05, 0) is 55.9 Å². The first kappa shape index (κ1) is 22.0. The van der Waals surface area contributed by atoms with Crippen LogP contribution in [0.2, 0.25) is 0 Å². The second kappa shape index (κ2) is 9.94. The highest BCUT2D eigenvalue weighted by Crippen LogP contribution is 2.29. The highest BCUT2D eigenvalue weighted by Gasteiger charge is 2.34. The first-order valence-corrected chi connectivity index (χ1v) is 11.3. The highest BCUT2D eigenvalue weighted by molar-refractivity contribution is 5.80. The molecule has 2 aliphatic rings. The molecule has 1 aliphatic carbocycles. The van der Waals surface area contributed by atoms with Crippen molar-refractivity contribution in [2.75, 3.05) is 26.7 Å². The van der Waals surface area contributed by atoms with Gasteiger partial charge in [-0.15, -0.1) is 0 Å². The molecule has 3 heterocycles.